The van der Waals surface area contributed by atoms with Crippen LogP contribution in [0.3, 0.4) is 0 Å². The van der Waals surface area contributed by atoms with E-state index in [9.17, 15) is 0 Å². The molecule has 2 aromatic rings. The fraction of sp³-hybridized carbons (Fsp3) is 0.500. The Balaban J connectivity index is 1.47. The highest BCUT2D eigenvalue weighted by Crippen LogP contribution is 2.32. The van der Waals surface area contributed by atoms with Crippen molar-refractivity contribution in [3.05, 3.63) is 35.2 Å². The summed E-state index contributed by atoms with van der Waals surface area (Å²) in [5.74, 6) is 2.04. The van der Waals surface area contributed by atoms with Gasteiger partial charge < -0.3 is 9.84 Å². The van der Waals surface area contributed by atoms with Gasteiger partial charge in [-0.3, -0.25) is 0 Å². The molecule has 0 spiro atoms. The largest absolute Gasteiger partial charge is 0.339 e. The van der Waals surface area contributed by atoms with Crippen LogP contribution < -0.4 is 5.32 Å². The Kier molecular flexibility index (Phi) is 3.43. The van der Waals surface area contributed by atoms with E-state index in [4.69, 9.17) is 16.1 Å². The van der Waals surface area contributed by atoms with Crippen LogP contribution in [-0.2, 0) is 6.42 Å². The highest BCUT2D eigenvalue weighted by Gasteiger charge is 2.34. The summed E-state index contributed by atoms with van der Waals surface area (Å²) in [4.78, 5) is 4.53. The van der Waals surface area contributed by atoms with Crippen LogP contribution in [0.5, 0.6) is 0 Å². The molecule has 4 rings (SSSR count). The number of fused-ring (bicyclic) bond motifs is 2. The minimum Gasteiger partial charge on any atom is -0.339 e. The van der Waals surface area contributed by atoms with Gasteiger partial charge >= 0.3 is 0 Å². The molecule has 1 N–H and O–H groups in total. The molecule has 110 valence electrons. The van der Waals surface area contributed by atoms with E-state index in [2.05, 4.69) is 15.5 Å². The first-order valence-electron chi connectivity index (χ1n) is 7.61. The van der Waals surface area contributed by atoms with Crippen LogP contribution in [0.25, 0.3) is 11.4 Å². The molecule has 5 heteroatoms. The lowest BCUT2D eigenvalue weighted by Crippen LogP contribution is -2.38. The van der Waals surface area contributed by atoms with E-state index < -0.39 is 0 Å². The summed E-state index contributed by atoms with van der Waals surface area (Å²) in [7, 11) is 0. The van der Waals surface area contributed by atoms with Crippen LogP contribution in [0.2, 0.25) is 5.02 Å². The van der Waals surface area contributed by atoms with Crippen molar-refractivity contribution in [2.24, 2.45) is 5.92 Å². The fourth-order valence-electron chi connectivity index (χ4n) is 3.67. The summed E-state index contributed by atoms with van der Waals surface area (Å²) in [6.45, 7) is 0. The average Bonchev–Trinajstić information content (AvgIpc) is 3.06. The molecule has 2 unspecified atom stereocenters. The minimum absolute atomic E-state index is 0.629. The first-order valence-corrected chi connectivity index (χ1v) is 7.98. The topological polar surface area (TPSA) is 51.0 Å². The van der Waals surface area contributed by atoms with Gasteiger partial charge in [-0.2, -0.15) is 4.98 Å². The summed E-state index contributed by atoms with van der Waals surface area (Å²) >= 11 is 6.00. The van der Waals surface area contributed by atoms with Crippen molar-refractivity contribution in [3.63, 3.8) is 0 Å². The number of hydrogen-bond acceptors (Lipinski definition) is 4. The quantitative estimate of drug-likeness (QED) is 0.943. The lowest BCUT2D eigenvalue weighted by molar-refractivity contribution is 0.270. The zero-order valence-electron chi connectivity index (χ0n) is 11.8. The molecule has 2 saturated heterocycles. The van der Waals surface area contributed by atoms with Gasteiger partial charge in [0.25, 0.3) is 0 Å². The zero-order valence-corrected chi connectivity index (χ0v) is 12.5. The van der Waals surface area contributed by atoms with Gasteiger partial charge in [0.2, 0.25) is 11.7 Å². The molecule has 2 bridgehead atoms. The Morgan fingerprint density at radius 2 is 2.05 bits per heavy atom. The third kappa shape index (κ3) is 2.83. The molecule has 1 aromatic heterocycles. The standard InChI is InChI=1S/C16H18ClN3O/c17-12-3-1-2-11(9-12)16-19-15(21-20-16)8-10-6-13-4-5-14(7-10)18-13/h1-3,9-10,13-14,18H,4-8H2. The van der Waals surface area contributed by atoms with Crippen molar-refractivity contribution >= 4 is 11.6 Å². The molecule has 0 radical (unpaired) electrons. The third-order valence-electron chi connectivity index (χ3n) is 4.58. The number of nitrogens with one attached hydrogen (secondary N) is 1. The van der Waals surface area contributed by atoms with E-state index in [-0.39, 0.29) is 0 Å². The monoisotopic (exact) mass is 303 g/mol. The predicted molar refractivity (Wildman–Crippen MR) is 81.1 cm³/mol. The van der Waals surface area contributed by atoms with Crippen molar-refractivity contribution in [2.45, 2.75) is 44.2 Å². The Morgan fingerprint density at radius 1 is 1.24 bits per heavy atom. The molecule has 0 aliphatic carbocycles. The average molecular weight is 304 g/mol. The van der Waals surface area contributed by atoms with E-state index in [1.54, 1.807) is 0 Å². The van der Waals surface area contributed by atoms with Gasteiger partial charge in [-0.25, -0.2) is 0 Å². The normalized spacial score (nSPS) is 28.0. The van der Waals surface area contributed by atoms with Crippen molar-refractivity contribution in [3.8, 4) is 11.4 Å². The number of piperidine rings is 1. The molecule has 2 atom stereocenters. The van der Waals surface area contributed by atoms with Gasteiger partial charge in [0.1, 0.15) is 0 Å². The SMILES string of the molecule is Clc1cccc(-c2noc(CC3CC4CCC(C3)N4)n2)c1. The van der Waals surface area contributed by atoms with Crippen molar-refractivity contribution in [2.75, 3.05) is 0 Å². The first kappa shape index (κ1) is 13.3. The van der Waals surface area contributed by atoms with Gasteiger partial charge in [-0.15, -0.1) is 0 Å². The molecular weight excluding hydrogens is 286 g/mol. The number of nitrogens with zero attached hydrogens (tertiary/aromatic N) is 2. The Bertz CT molecular complexity index is 630. The predicted octanol–water partition coefficient (Wildman–Crippen LogP) is 3.46. The smallest absolute Gasteiger partial charge is 0.227 e. The lowest BCUT2D eigenvalue weighted by atomic mass is 9.90. The lowest BCUT2D eigenvalue weighted by Gasteiger charge is -2.27. The second-order valence-electron chi connectivity index (χ2n) is 6.20. The molecule has 3 heterocycles. The molecular formula is C16H18ClN3O. The maximum Gasteiger partial charge on any atom is 0.227 e. The third-order valence-corrected chi connectivity index (χ3v) is 4.82. The Hall–Kier alpha value is -1.39. The highest BCUT2D eigenvalue weighted by molar-refractivity contribution is 6.30. The maximum absolute atomic E-state index is 6.00. The number of rotatable bonds is 3. The van der Waals surface area contributed by atoms with E-state index in [1.165, 1.54) is 25.7 Å². The van der Waals surface area contributed by atoms with E-state index in [0.717, 1.165) is 17.9 Å². The zero-order chi connectivity index (χ0) is 14.2. The van der Waals surface area contributed by atoms with E-state index in [0.29, 0.717) is 28.8 Å². The summed E-state index contributed by atoms with van der Waals surface area (Å²) in [5.41, 5.74) is 0.905. The van der Waals surface area contributed by atoms with Gasteiger partial charge in [-0.05, 0) is 43.7 Å². The van der Waals surface area contributed by atoms with Crippen LogP contribution in [-0.4, -0.2) is 22.2 Å². The molecule has 4 nitrogen and oxygen atoms in total. The highest BCUT2D eigenvalue weighted by atomic mass is 35.5. The molecule has 21 heavy (non-hydrogen) atoms. The van der Waals surface area contributed by atoms with Crippen LogP contribution in [0.4, 0.5) is 0 Å². The van der Waals surface area contributed by atoms with Crippen molar-refractivity contribution in [1.82, 2.24) is 15.5 Å². The molecule has 2 fully saturated rings. The van der Waals surface area contributed by atoms with Crippen LogP contribution in [0.15, 0.2) is 28.8 Å². The van der Waals surface area contributed by atoms with Crippen molar-refractivity contribution in [1.29, 1.82) is 0 Å². The molecule has 0 saturated carbocycles. The minimum atomic E-state index is 0.629. The van der Waals surface area contributed by atoms with Gasteiger partial charge in [-0.1, -0.05) is 28.9 Å². The fourth-order valence-corrected chi connectivity index (χ4v) is 3.86. The summed E-state index contributed by atoms with van der Waals surface area (Å²) < 4.78 is 5.43. The first-order chi connectivity index (χ1) is 10.3. The van der Waals surface area contributed by atoms with Gasteiger partial charge in [0.15, 0.2) is 0 Å². The summed E-state index contributed by atoms with van der Waals surface area (Å²) in [5, 5.41) is 8.44. The molecule has 2 aliphatic heterocycles. The molecule has 0 amide bonds. The maximum atomic E-state index is 6.00. The van der Waals surface area contributed by atoms with Gasteiger partial charge in [0, 0.05) is 29.1 Å². The second-order valence-corrected chi connectivity index (χ2v) is 6.64. The van der Waals surface area contributed by atoms with E-state index >= 15 is 0 Å². The Labute approximate surface area is 128 Å². The van der Waals surface area contributed by atoms with Crippen LogP contribution >= 0.6 is 11.6 Å². The molecule has 1 aromatic carbocycles. The van der Waals surface area contributed by atoms with Gasteiger partial charge in [0.05, 0.1) is 0 Å². The number of halogens is 1. The van der Waals surface area contributed by atoms with E-state index in [1.807, 2.05) is 24.3 Å². The summed E-state index contributed by atoms with van der Waals surface area (Å²) in [6.07, 6.45) is 5.98. The van der Waals surface area contributed by atoms with Crippen molar-refractivity contribution < 1.29 is 4.52 Å². The number of hydrogen-bond donors (Lipinski definition) is 1. The number of benzene rings is 1. The molecule has 2 aliphatic rings. The van der Waals surface area contributed by atoms with Crippen LogP contribution in [0.1, 0.15) is 31.6 Å². The number of aromatic nitrogens is 2. The Morgan fingerprint density at radius 3 is 2.81 bits per heavy atom. The summed E-state index contributed by atoms with van der Waals surface area (Å²) in [6, 6.07) is 8.95. The second kappa shape index (κ2) is 5.43. The van der Waals surface area contributed by atoms with Crippen LogP contribution in [0, 0.1) is 5.92 Å².